The standard InChI is InChI=1S/C16H22FNO3/c17-13-6-8-14(9-7-13)21-10-2-5-16(20)18-11-12-3-1-4-15(12)19/h6-9,12,15,19H,1-5,10-11H2,(H,18,20). The summed E-state index contributed by atoms with van der Waals surface area (Å²) in [5, 5.41) is 12.5. The summed E-state index contributed by atoms with van der Waals surface area (Å²) >= 11 is 0. The lowest BCUT2D eigenvalue weighted by Crippen LogP contribution is -2.32. The molecule has 2 atom stereocenters. The second kappa shape index (κ2) is 7.98. The summed E-state index contributed by atoms with van der Waals surface area (Å²) in [5.74, 6) is 0.489. The normalized spacial score (nSPS) is 21.2. The Labute approximate surface area is 124 Å². The first kappa shape index (κ1) is 15.8. The summed E-state index contributed by atoms with van der Waals surface area (Å²) < 4.78 is 18.1. The molecule has 116 valence electrons. The van der Waals surface area contributed by atoms with E-state index in [1.165, 1.54) is 12.1 Å². The molecule has 0 heterocycles. The van der Waals surface area contributed by atoms with Crippen LogP contribution in [0.15, 0.2) is 24.3 Å². The highest BCUT2D eigenvalue weighted by Gasteiger charge is 2.25. The Morgan fingerprint density at radius 2 is 2.10 bits per heavy atom. The molecule has 2 N–H and O–H groups in total. The second-order valence-electron chi connectivity index (χ2n) is 5.47. The Bertz CT molecular complexity index is 449. The number of benzene rings is 1. The van der Waals surface area contributed by atoms with Crippen LogP contribution < -0.4 is 10.1 Å². The number of amides is 1. The third-order valence-corrected chi connectivity index (χ3v) is 3.81. The maximum absolute atomic E-state index is 12.7. The second-order valence-corrected chi connectivity index (χ2v) is 5.47. The van der Waals surface area contributed by atoms with Crippen LogP contribution in [0.5, 0.6) is 5.75 Å². The maximum Gasteiger partial charge on any atom is 0.220 e. The summed E-state index contributed by atoms with van der Waals surface area (Å²) in [6.07, 6.45) is 3.58. The van der Waals surface area contributed by atoms with Crippen LogP contribution in [0.2, 0.25) is 0 Å². The molecule has 1 aliphatic carbocycles. The largest absolute Gasteiger partial charge is 0.494 e. The van der Waals surface area contributed by atoms with Crippen molar-refractivity contribution in [2.24, 2.45) is 5.92 Å². The third kappa shape index (κ3) is 5.34. The average molecular weight is 295 g/mol. The number of rotatable bonds is 7. The van der Waals surface area contributed by atoms with E-state index in [1.54, 1.807) is 12.1 Å². The summed E-state index contributed by atoms with van der Waals surface area (Å²) in [6.45, 7) is 0.976. The van der Waals surface area contributed by atoms with Gasteiger partial charge in [-0.3, -0.25) is 4.79 Å². The van der Waals surface area contributed by atoms with Gasteiger partial charge < -0.3 is 15.2 Å². The Balaban J connectivity index is 1.55. The van der Waals surface area contributed by atoms with Crippen LogP contribution in [0.25, 0.3) is 0 Å². The molecule has 1 amide bonds. The first-order chi connectivity index (χ1) is 10.1. The van der Waals surface area contributed by atoms with Crippen LogP contribution >= 0.6 is 0 Å². The van der Waals surface area contributed by atoms with E-state index in [4.69, 9.17) is 4.74 Å². The van der Waals surface area contributed by atoms with Crippen molar-refractivity contribution in [3.63, 3.8) is 0 Å². The predicted molar refractivity (Wildman–Crippen MR) is 77.5 cm³/mol. The third-order valence-electron chi connectivity index (χ3n) is 3.81. The van der Waals surface area contributed by atoms with Crippen molar-refractivity contribution in [3.8, 4) is 5.75 Å². The number of aliphatic hydroxyl groups is 1. The fourth-order valence-corrected chi connectivity index (χ4v) is 2.54. The van der Waals surface area contributed by atoms with Crippen LogP contribution in [0.3, 0.4) is 0 Å². The molecule has 21 heavy (non-hydrogen) atoms. The number of carbonyl (C=O) groups excluding carboxylic acids is 1. The quantitative estimate of drug-likeness (QED) is 0.759. The molecule has 0 aromatic heterocycles. The maximum atomic E-state index is 12.7. The number of hydrogen-bond acceptors (Lipinski definition) is 3. The first-order valence-corrected chi connectivity index (χ1v) is 7.48. The van der Waals surface area contributed by atoms with Gasteiger partial charge in [0.15, 0.2) is 0 Å². The number of aliphatic hydroxyl groups excluding tert-OH is 1. The van der Waals surface area contributed by atoms with E-state index in [1.807, 2.05) is 0 Å². The molecule has 0 aliphatic heterocycles. The fraction of sp³-hybridized carbons (Fsp3) is 0.562. The molecule has 1 aliphatic rings. The van der Waals surface area contributed by atoms with Gasteiger partial charge in [-0.05, 0) is 43.5 Å². The zero-order valence-corrected chi connectivity index (χ0v) is 12.1. The first-order valence-electron chi connectivity index (χ1n) is 7.48. The van der Waals surface area contributed by atoms with Gasteiger partial charge in [-0.25, -0.2) is 4.39 Å². The minimum absolute atomic E-state index is 0.0168. The average Bonchev–Trinajstić information content (AvgIpc) is 2.89. The van der Waals surface area contributed by atoms with E-state index in [-0.39, 0.29) is 23.7 Å². The van der Waals surface area contributed by atoms with Gasteiger partial charge >= 0.3 is 0 Å². The van der Waals surface area contributed by atoms with Crippen molar-refractivity contribution in [2.75, 3.05) is 13.2 Å². The van der Waals surface area contributed by atoms with Gasteiger partial charge in [0.2, 0.25) is 5.91 Å². The van der Waals surface area contributed by atoms with E-state index in [9.17, 15) is 14.3 Å². The Kier molecular flexibility index (Phi) is 5.99. The van der Waals surface area contributed by atoms with Crippen molar-refractivity contribution in [1.29, 1.82) is 0 Å². The van der Waals surface area contributed by atoms with Gasteiger partial charge in [-0.15, -0.1) is 0 Å². The lowest BCUT2D eigenvalue weighted by Gasteiger charge is -2.15. The molecule has 5 heteroatoms. The predicted octanol–water partition coefficient (Wildman–Crippen LogP) is 2.26. The molecular weight excluding hydrogens is 273 g/mol. The molecule has 1 fully saturated rings. The van der Waals surface area contributed by atoms with Crippen molar-refractivity contribution < 1.29 is 19.0 Å². The molecule has 0 bridgehead atoms. The van der Waals surface area contributed by atoms with Gasteiger partial charge in [0.05, 0.1) is 12.7 Å². The highest BCUT2D eigenvalue weighted by molar-refractivity contribution is 5.75. The van der Waals surface area contributed by atoms with Gasteiger partial charge in [0.25, 0.3) is 0 Å². The van der Waals surface area contributed by atoms with Crippen molar-refractivity contribution >= 4 is 5.91 Å². The van der Waals surface area contributed by atoms with Crippen LogP contribution in [0.1, 0.15) is 32.1 Å². The topological polar surface area (TPSA) is 58.6 Å². The SMILES string of the molecule is O=C(CCCOc1ccc(F)cc1)NCC1CCCC1O. The molecule has 0 spiro atoms. The Morgan fingerprint density at radius 3 is 2.76 bits per heavy atom. The Morgan fingerprint density at radius 1 is 1.33 bits per heavy atom. The lowest BCUT2D eigenvalue weighted by atomic mass is 10.1. The molecule has 0 radical (unpaired) electrons. The highest BCUT2D eigenvalue weighted by atomic mass is 19.1. The van der Waals surface area contributed by atoms with Crippen LogP contribution in [-0.4, -0.2) is 30.3 Å². The molecule has 4 nitrogen and oxygen atoms in total. The molecule has 2 rings (SSSR count). The van der Waals surface area contributed by atoms with Crippen LogP contribution in [0.4, 0.5) is 4.39 Å². The number of hydrogen-bond donors (Lipinski definition) is 2. The zero-order valence-electron chi connectivity index (χ0n) is 12.1. The van der Waals surface area contributed by atoms with E-state index >= 15 is 0 Å². The molecule has 0 saturated heterocycles. The smallest absolute Gasteiger partial charge is 0.220 e. The highest BCUT2D eigenvalue weighted by Crippen LogP contribution is 2.24. The fourth-order valence-electron chi connectivity index (χ4n) is 2.54. The van der Waals surface area contributed by atoms with E-state index < -0.39 is 0 Å². The molecule has 2 unspecified atom stereocenters. The summed E-state index contributed by atoms with van der Waals surface area (Å²) in [4.78, 5) is 11.7. The van der Waals surface area contributed by atoms with Gasteiger partial charge in [0.1, 0.15) is 11.6 Å². The van der Waals surface area contributed by atoms with E-state index in [0.717, 1.165) is 19.3 Å². The van der Waals surface area contributed by atoms with E-state index in [0.29, 0.717) is 31.7 Å². The number of halogens is 1. The minimum atomic E-state index is -0.296. The van der Waals surface area contributed by atoms with Crippen molar-refractivity contribution in [3.05, 3.63) is 30.1 Å². The number of nitrogens with one attached hydrogen (secondary N) is 1. The zero-order chi connectivity index (χ0) is 15.1. The van der Waals surface area contributed by atoms with Crippen LogP contribution in [-0.2, 0) is 4.79 Å². The van der Waals surface area contributed by atoms with Crippen molar-refractivity contribution in [2.45, 2.75) is 38.2 Å². The number of carbonyl (C=O) groups is 1. The molecule has 1 aromatic carbocycles. The summed E-state index contributed by atoms with van der Waals surface area (Å²) in [7, 11) is 0. The monoisotopic (exact) mass is 295 g/mol. The minimum Gasteiger partial charge on any atom is -0.494 e. The summed E-state index contributed by atoms with van der Waals surface area (Å²) in [6, 6.07) is 5.82. The number of ether oxygens (including phenoxy) is 1. The van der Waals surface area contributed by atoms with Gasteiger partial charge in [-0.1, -0.05) is 6.42 Å². The molecule has 1 saturated carbocycles. The van der Waals surface area contributed by atoms with Gasteiger partial charge in [0, 0.05) is 18.9 Å². The molecule has 1 aromatic rings. The van der Waals surface area contributed by atoms with Gasteiger partial charge in [-0.2, -0.15) is 0 Å². The van der Waals surface area contributed by atoms with E-state index in [2.05, 4.69) is 5.32 Å². The molecular formula is C16H22FNO3. The lowest BCUT2D eigenvalue weighted by molar-refractivity contribution is -0.121. The van der Waals surface area contributed by atoms with Crippen LogP contribution in [0, 0.1) is 11.7 Å². The van der Waals surface area contributed by atoms with Crippen molar-refractivity contribution in [1.82, 2.24) is 5.32 Å². The summed E-state index contributed by atoms with van der Waals surface area (Å²) in [5.41, 5.74) is 0. The Hall–Kier alpha value is -1.62.